The molecular weight excluding hydrogens is 449 g/mol. The topological polar surface area (TPSA) is 66.2 Å². The summed E-state index contributed by atoms with van der Waals surface area (Å²) in [6.45, 7) is 4.08. The number of nitrogens with zero attached hydrogens (tertiary/aromatic N) is 5. The lowest BCUT2D eigenvalue weighted by Crippen LogP contribution is -2.37. The van der Waals surface area contributed by atoms with Crippen LogP contribution in [0.15, 0.2) is 52.2 Å². The number of rotatable bonds is 2. The van der Waals surface area contributed by atoms with Crippen molar-refractivity contribution in [3.8, 4) is 16.9 Å². The highest BCUT2D eigenvalue weighted by molar-refractivity contribution is 6.36. The molecule has 0 radical (unpaired) electrons. The molecule has 2 aromatic carbocycles. The summed E-state index contributed by atoms with van der Waals surface area (Å²) in [5.74, 6) is 0.502. The minimum Gasteiger partial charge on any atom is -0.279 e. The summed E-state index contributed by atoms with van der Waals surface area (Å²) in [7, 11) is 3.06. The molecule has 0 fully saturated rings. The van der Waals surface area contributed by atoms with Gasteiger partial charge in [-0.2, -0.15) is 4.98 Å². The predicted molar refractivity (Wildman–Crippen MR) is 127 cm³/mol. The molecule has 0 aliphatic heterocycles. The Hall–Kier alpha value is -3.29. The molecule has 0 saturated carbocycles. The fraction of sp³-hybridized carbons (Fsp3) is 0.174. The van der Waals surface area contributed by atoms with Crippen LogP contribution in [0.4, 0.5) is 0 Å². The number of aromatic nitrogens is 5. The second kappa shape index (κ2) is 7.12. The zero-order valence-electron chi connectivity index (χ0n) is 17.8. The number of imidazole rings is 2. The number of aryl methyl sites for hydroxylation is 3. The Kier molecular flexibility index (Phi) is 4.58. The first kappa shape index (κ1) is 20.6. The summed E-state index contributed by atoms with van der Waals surface area (Å²) in [6, 6.07) is 11.4. The van der Waals surface area contributed by atoms with Gasteiger partial charge in [0.05, 0.1) is 10.7 Å². The van der Waals surface area contributed by atoms with Crippen molar-refractivity contribution in [2.45, 2.75) is 13.8 Å². The number of hydrogen-bond acceptors (Lipinski definition) is 3. The van der Waals surface area contributed by atoms with Crippen LogP contribution in [-0.4, -0.2) is 23.1 Å². The maximum atomic E-state index is 13.0. The lowest BCUT2D eigenvalue weighted by Gasteiger charge is -2.12. The summed E-state index contributed by atoms with van der Waals surface area (Å²) < 4.78 is 6.11. The lowest BCUT2D eigenvalue weighted by atomic mass is 10.1. The van der Waals surface area contributed by atoms with Crippen molar-refractivity contribution in [1.29, 1.82) is 0 Å². The molecule has 5 aromatic rings. The fourth-order valence-corrected chi connectivity index (χ4v) is 4.48. The van der Waals surface area contributed by atoms with Gasteiger partial charge < -0.3 is 0 Å². The van der Waals surface area contributed by atoms with Crippen LogP contribution in [-0.2, 0) is 14.1 Å². The molecule has 0 bridgehead atoms. The van der Waals surface area contributed by atoms with E-state index in [0.29, 0.717) is 27.0 Å². The van der Waals surface area contributed by atoms with Crippen LogP contribution < -0.4 is 11.2 Å². The van der Waals surface area contributed by atoms with Crippen molar-refractivity contribution in [3.05, 3.63) is 84.6 Å². The molecule has 0 amide bonds. The third-order valence-electron chi connectivity index (χ3n) is 5.92. The van der Waals surface area contributed by atoms with E-state index in [4.69, 9.17) is 28.2 Å². The van der Waals surface area contributed by atoms with Crippen molar-refractivity contribution in [2.24, 2.45) is 14.1 Å². The van der Waals surface area contributed by atoms with Crippen LogP contribution in [0.25, 0.3) is 33.9 Å². The molecule has 3 aromatic heterocycles. The number of fused-ring (bicyclic) bond motifs is 3. The van der Waals surface area contributed by atoms with Gasteiger partial charge in [0.15, 0.2) is 11.2 Å². The summed E-state index contributed by atoms with van der Waals surface area (Å²) in [6.07, 6.45) is 1.82. The van der Waals surface area contributed by atoms with Crippen molar-refractivity contribution in [1.82, 2.24) is 23.1 Å². The summed E-state index contributed by atoms with van der Waals surface area (Å²) in [4.78, 5) is 30.2. The molecule has 3 heterocycles. The van der Waals surface area contributed by atoms with Gasteiger partial charge in [-0.3, -0.25) is 22.9 Å². The monoisotopic (exact) mass is 467 g/mol. The molecule has 162 valence electrons. The molecule has 32 heavy (non-hydrogen) atoms. The van der Waals surface area contributed by atoms with E-state index in [1.807, 2.05) is 42.8 Å². The standard InChI is InChI=1S/C23H19Cl2N5O2/c1-12-5-7-15(9-13(12)2)30-18(16-8-6-14(24)10-17(16)25)11-29-19-20(26-22(29)30)27(3)23(32)28(4)21(19)31/h5-11H,1-4H3. The Bertz CT molecular complexity index is 1690. The van der Waals surface area contributed by atoms with E-state index in [-0.39, 0.29) is 0 Å². The highest BCUT2D eigenvalue weighted by Gasteiger charge is 2.22. The molecule has 0 spiro atoms. The van der Waals surface area contributed by atoms with Crippen molar-refractivity contribution < 1.29 is 0 Å². The lowest BCUT2D eigenvalue weighted by molar-refractivity contribution is 0.708. The van der Waals surface area contributed by atoms with Crippen LogP contribution in [0.3, 0.4) is 0 Å². The van der Waals surface area contributed by atoms with E-state index in [9.17, 15) is 9.59 Å². The molecule has 0 saturated heterocycles. The van der Waals surface area contributed by atoms with Gasteiger partial charge in [0.1, 0.15) is 0 Å². The highest BCUT2D eigenvalue weighted by Crippen LogP contribution is 2.35. The third-order valence-corrected chi connectivity index (χ3v) is 6.47. The van der Waals surface area contributed by atoms with Crippen LogP contribution in [0.5, 0.6) is 0 Å². The van der Waals surface area contributed by atoms with Gasteiger partial charge in [0.25, 0.3) is 5.56 Å². The molecule has 0 aliphatic rings. The van der Waals surface area contributed by atoms with E-state index in [1.165, 1.54) is 11.6 Å². The Labute approximate surface area is 192 Å². The molecule has 0 N–H and O–H groups in total. The summed E-state index contributed by atoms with van der Waals surface area (Å²) in [5.41, 5.74) is 4.42. The number of benzene rings is 2. The zero-order valence-corrected chi connectivity index (χ0v) is 19.4. The molecular formula is C23H19Cl2N5O2. The maximum absolute atomic E-state index is 13.0. The summed E-state index contributed by atoms with van der Waals surface area (Å²) >= 11 is 12.7. The number of halogens is 2. The molecule has 0 atom stereocenters. The first-order chi connectivity index (χ1) is 15.2. The predicted octanol–water partition coefficient (Wildman–Crippen LogP) is 4.27. The van der Waals surface area contributed by atoms with Crippen molar-refractivity contribution >= 4 is 40.1 Å². The average molecular weight is 468 g/mol. The van der Waals surface area contributed by atoms with E-state index in [0.717, 1.165) is 32.6 Å². The highest BCUT2D eigenvalue weighted by atomic mass is 35.5. The van der Waals surface area contributed by atoms with Crippen LogP contribution in [0.2, 0.25) is 10.0 Å². The van der Waals surface area contributed by atoms with Gasteiger partial charge in [-0.1, -0.05) is 29.3 Å². The molecule has 7 nitrogen and oxygen atoms in total. The van der Waals surface area contributed by atoms with Gasteiger partial charge in [-0.05, 0) is 55.3 Å². The Morgan fingerprint density at radius 3 is 2.34 bits per heavy atom. The van der Waals surface area contributed by atoms with Crippen molar-refractivity contribution in [2.75, 3.05) is 0 Å². The number of hydrogen-bond donors (Lipinski definition) is 0. The smallest absolute Gasteiger partial charge is 0.279 e. The van der Waals surface area contributed by atoms with E-state index >= 15 is 0 Å². The van der Waals surface area contributed by atoms with Gasteiger partial charge in [0.2, 0.25) is 5.78 Å². The van der Waals surface area contributed by atoms with E-state index in [1.54, 1.807) is 23.6 Å². The first-order valence-electron chi connectivity index (χ1n) is 9.91. The van der Waals surface area contributed by atoms with Gasteiger partial charge >= 0.3 is 5.69 Å². The van der Waals surface area contributed by atoms with Gasteiger partial charge in [0, 0.05) is 36.6 Å². The minimum atomic E-state index is -0.429. The quantitative estimate of drug-likeness (QED) is 0.389. The average Bonchev–Trinajstić information content (AvgIpc) is 3.29. The normalized spacial score (nSPS) is 11.7. The molecule has 9 heteroatoms. The first-order valence-corrected chi connectivity index (χ1v) is 10.7. The van der Waals surface area contributed by atoms with E-state index < -0.39 is 11.2 Å². The summed E-state index contributed by atoms with van der Waals surface area (Å²) in [5, 5.41) is 1.01. The van der Waals surface area contributed by atoms with E-state index in [2.05, 4.69) is 6.07 Å². The SMILES string of the molecule is Cc1ccc(-n2c(-c3ccc(Cl)cc3Cl)cn3c4c(=O)n(C)c(=O)n(C)c4nc23)cc1C. The zero-order chi connectivity index (χ0) is 22.9. The molecule has 0 unspecified atom stereocenters. The Morgan fingerprint density at radius 1 is 0.906 bits per heavy atom. The van der Waals surface area contributed by atoms with Gasteiger partial charge in [-0.25, -0.2) is 4.79 Å². The molecule has 5 rings (SSSR count). The maximum Gasteiger partial charge on any atom is 0.332 e. The largest absolute Gasteiger partial charge is 0.332 e. The minimum absolute atomic E-state index is 0.318. The van der Waals surface area contributed by atoms with Crippen molar-refractivity contribution in [3.63, 3.8) is 0 Å². The second-order valence-corrected chi connectivity index (χ2v) is 8.75. The molecule has 0 aliphatic carbocycles. The van der Waals surface area contributed by atoms with Crippen LogP contribution in [0, 0.1) is 13.8 Å². The third kappa shape index (κ3) is 2.85. The Balaban J connectivity index is 1.98. The van der Waals surface area contributed by atoms with Crippen LogP contribution in [0.1, 0.15) is 11.1 Å². The Morgan fingerprint density at radius 2 is 1.66 bits per heavy atom. The fourth-order valence-electron chi connectivity index (χ4n) is 3.98. The van der Waals surface area contributed by atoms with Gasteiger partial charge in [-0.15, -0.1) is 0 Å². The van der Waals surface area contributed by atoms with Crippen LogP contribution >= 0.6 is 23.2 Å². The second-order valence-electron chi connectivity index (χ2n) is 7.90.